The highest BCUT2D eigenvalue weighted by atomic mass is 32.2. The number of nitrogens with one attached hydrogen (secondary N) is 1. The number of amides is 3. The van der Waals surface area contributed by atoms with Crippen LogP contribution in [0.3, 0.4) is 0 Å². The number of fused-ring (bicyclic) bond motifs is 1. The summed E-state index contributed by atoms with van der Waals surface area (Å²) in [6.07, 6.45) is 1.61. The van der Waals surface area contributed by atoms with Crippen LogP contribution in [0.4, 0.5) is 18.0 Å². The van der Waals surface area contributed by atoms with Crippen LogP contribution >= 0.6 is 11.8 Å². The van der Waals surface area contributed by atoms with Gasteiger partial charge in [0.25, 0.3) is 0 Å². The molecule has 0 bridgehead atoms. The van der Waals surface area contributed by atoms with E-state index in [0.717, 1.165) is 81.6 Å². The van der Waals surface area contributed by atoms with Crippen molar-refractivity contribution < 1.29 is 40.7 Å². The number of carbonyl (C=O) groups is 3. The maximum Gasteiger partial charge on any atom is 0.417 e. The van der Waals surface area contributed by atoms with E-state index in [1.165, 1.54) is 16.4 Å². The van der Waals surface area contributed by atoms with Gasteiger partial charge < -0.3 is 24.8 Å². The summed E-state index contributed by atoms with van der Waals surface area (Å²) in [6.45, 7) is 10.4. The molecule has 0 saturated carbocycles. The Morgan fingerprint density at radius 3 is 2.32 bits per heavy atom. The number of piperidine rings is 2. The molecule has 5 heterocycles. The van der Waals surface area contributed by atoms with Gasteiger partial charge in [-0.1, -0.05) is 6.07 Å². The number of likely N-dealkylation sites (tertiary alicyclic amines) is 3. The molecule has 3 amide bonds. The summed E-state index contributed by atoms with van der Waals surface area (Å²) in [5, 5.41) is 7.73. The molecule has 56 heavy (non-hydrogen) atoms. The summed E-state index contributed by atoms with van der Waals surface area (Å²) in [7, 11) is -3.54. The number of aryl methyl sites for hydroxylation is 1. The molecule has 0 atom stereocenters. The average molecular weight is 826 g/mol. The summed E-state index contributed by atoms with van der Waals surface area (Å²) in [5.74, 6) is -0.257. The van der Waals surface area contributed by atoms with Gasteiger partial charge in [-0.2, -0.15) is 22.6 Å². The summed E-state index contributed by atoms with van der Waals surface area (Å²) in [6, 6.07) is 3.93. The lowest BCUT2D eigenvalue weighted by Crippen LogP contribution is -2.48. The highest BCUT2D eigenvalue weighted by molar-refractivity contribution is 8.00. The number of alkyl halides is 3. The van der Waals surface area contributed by atoms with Gasteiger partial charge >= 0.3 is 12.3 Å². The van der Waals surface area contributed by atoms with Crippen molar-refractivity contribution in [3.63, 3.8) is 0 Å². The topological polar surface area (TPSA) is 137 Å². The van der Waals surface area contributed by atoms with Gasteiger partial charge in [0.05, 0.1) is 23.3 Å². The number of thioether (sulfide) groups is 1. The second kappa shape index (κ2) is 17.2. The standard InChI is InChI=1S/C38H54F3N7O6S2/c1-37(2,3)54-36(51)42-27-10-20-45(21-11-27)34(50)25-55-32-23-26(8-9-30(32)38(39,40)41)35-29-24-46(56(4,52)53)22-14-31(29)48(43-35)17-6-15-44-18-12-28(13-19-44)47-16-5-7-33(47)49/h8-9,23,27-28H,5-7,10-22,24-25H2,1-4H3,(H,42,51). The molecule has 0 radical (unpaired) electrons. The van der Waals surface area contributed by atoms with Crippen LogP contribution in [0, 0.1) is 0 Å². The third kappa shape index (κ3) is 10.6. The van der Waals surface area contributed by atoms with E-state index in [1.54, 1.807) is 25.7 Å². The summed E-state index contributed by atoms with van der Waals surface area (Å²) < 4.78 is 76.7. The molecule has 2 aromatic rings. The number of hydrogen-bond acceptors (Lipinski definition) is 9. The van der Waals surface area contributed by atoms with Gasteiger partial charge in [-0.15, -0.1) is 11.8 Å². The van der Waals surface area contributed by atoms with Crippen molar-refractivity contribution in [2.45, 2.75) is 114 Å². The highest BCUT2D eigenvalue weighted by Gasteiger charge is 2.36. The minimum absolute atomic E-state index is 0.0625. The Labute approximate surface area is 331 Å². The first-order valence-corrected chi connectivity index (χ1v) is 22.4. The van der Waals surface area contributed by atoms with Crippen LogP contribution in [0.5, 0.6) is 0 Å². The van der Waals surface area contributed by atoms with E-state index < -0.39 is 33.5 Å². The van der Waals surface area contributed by atoms with Crippen LogP contribution < -0.4 is 5.32 Å². The Morgan fingerprint density at radius 1 is 0.982 bits per heavy atom. The molecule has 1 N–H and O–H groups in total. The number of sulfonamides is 1. The molecule has 1 aromatic carbocycles. The number of benzene rings is 1. The Kier molecular flexibility index (Phi) is 13.0. The van der Waals surface area contributed by atoms with Crippen LogP contribution in [0.1, 0.15) is 82.5 Å². The quantitative estimate of drug-likeness (QED) is 0.312. The van der Waals surface area contributed by atoms with E-state index in [0.29, 0.717) is 68.2 Å². The smallest absolute Gasteiger partial charge is 0.417 e. The Morgan fingerprint density at radius 2 is 1.70 bits per heavy atom. The first kappa shape index (κ1) is 42.3. The average Bonchev–Trinajstić information content (AvgIpc) is 3.72. The normalized spacial score (nSPS) is 19.7. The third-order valence-electron chi connectivity index (χ3n) is 11.0. The molecule has 0 unspecified atom stereocenters. The predicted octanol–water partition coefficient (Wildman–Crippen LogP) is 4.97. The number of aromatic nitrogens is 2. The van der Waals surface area contributed by atoms with Gasteiger partial charge in [-0.25, -0.2) is 13.2 Å². The van der Waals surface area contributed by atoms with Gasteiger partial charge in [0.1, 0.15) is 5.60 Å². The van der Waals surface area contributed by atoms with Crippen LogP contribution in [0.15, 0.2) is 23.1 Å². The summed E-state index contributed by atoms with van der Waals surface area (Å²) in [4.78, 5) is 43.6. The lowest BCUT2D eigenvalue weighted by molar-refractivity contribution is -0.140. The molecule has 18 heteroatoms. The molecular formula is C38H54F3N7O6S2. The van der Waals surface area contributed by atoms with Gasteiger partial charge in [0.2, 0.25) is 21.8 Å². The second-order valence-corrected chi connectivity index (χ2v) is 19.3. The number of alkyl carbamates (subject to hydrolysis) is 1. The Balaban J connectivity index is 1.14. The number of carbonyl (C=O) groups excluding carboxylic acids is 3. The van der Waals surface area contributed by atoms with Gasteiger partial charge in [0.15, 0.2) is 0 Å². The number of nitrogens with zero attached hydrogens (tertiary/aromatic N) is 6. The number of hydrogen-bond donors (Lipinski definition) is 1. The van der Waals surface area contributed by atoms with E-state index in [4.69, 9.17) is 9.84 Å². The first-order chi connectivity index (χ1) is 26.4. The molecule has 13 nitrogen and oxygen atoms in total. The Hall–Kier alpha value is -3.35. The first-order valence-electron chi connectivity index (χ1n) is 19.5. The minimum Gasteiger partial charge on any atom is -0.444 e. The van der Waals surface area contributed by atoms with E-state index in [-0.39, 0.29) is 41.6 Å². The SMILES string of the molecule is CC(C)(C)OC(=O)NC1CCN(C(=O)CSc2cc(-c3nn(CCCN4CCC(N5CCCC5=O)CC4)c4c3CN(S(C)(=O)=O)CC4)ccc2C(F)(F)F)CC1. The van der Waals surface area contributed by atoms with Crippen LogP contribution in [0.2, 0.25) is 0 Å². The van der Waals surface area contributed by atoms with Gasteiger partial charge in [-0.3, -0.25) is 14.3 Å². The van der Waals surface area contributed by atoms with E-state index in [1.807, 2.05) is 9.58 Å². The number of rotatable bonds is 11. The largest absolute Gasteiger partial charge is 0.444 e. The maximum absolute atomic E-state index is 14.3. The predicted molar refractivity (Wildman–Crippen MR) is 206 cm³/mol. The fourth-order valence-electron chi connectivity index (χ4n) is 8.12. The third-order valence-corrected chi connectivity index (χ3v) is 13.3. The van der Waals surface area contributed by atoms with Crippen LogP contribution in [-0.4, -0.2) is 131 Å². The summed E-state index contributed by atoms with van der Waals surface area (Å²) >= 11 is 0.820. The fraction of sp³-hybridized carbons (Fsp3) is 0.684. The molecule has 4 aliphatic heterocycles. The molecular weight excluding hydrogens is 772 g/mol. The fourth-order valence-corrected chi connectivity index (χ4v) is 9.92. The van der Waals surface area contributed by atoms with Crippen molar-refractivity contribution in [3.05, 3.63) is 35.0 Å². The lowest BCUT2D eigenvalue weighted by atomic mass is 10.0. The van der Waals surface area contributed by atoms with E-state index in [9.17, 15) is 36.0 Å². The Bertz CT molecular complexity index is 1870. The van der Waals surface area contributed by atoms with Crippen LogP contribution in [0.25, 0.3) is 11.3 Å². The molecule has 4 aliphatic rings. The van der Waals surface area contributed by atoms with Crippen molar-refractivity contribution in [2.75, 3.05) is 57.8 Å². The molecule has 3 fully saturated rings. The molecule has 3 saturated heterocycles. The minimum atomic E-state index is -4.67. The second-order valence-electron chi connectivity index (χ2n) is 16.3. The molecule has 1 aromatic heterocycles. The maximum atomic E-state index is 14.3. The number of ether oxygens (including phenoxy) is 1. The zero-order valence-corrected chi connectivity index (χ0v) is 34.3. The number of halogens is 3. The van der Waals surface area contributed by atoms with Crippen LogP contribution in [-0.2, 0) is 50.0 Å². The molecule has 0 aliphatic carbocycles. The van der Waals surface area contributed by atoms with Crippen molar-refractivity contribution in [3.8, 4) is 11.3 Å². The van der Waals surface area contributed by atoms with Crippen molar-refractivity contribution in [2.24, 2.45) is 0 Å². The monoisotopic (exact) mass is 825 g/mol. The zero-order valence-electron chi connectivity index (χ0n) is 32.7. The van der Waals surface area contributed by atoms with Gasteiger partial charge in [0, 0.05) is 99.0 Å². The van der Waals surface area contributed by atoms with Crippen molar-refractivity contribution in [1.82, 2.24) is 34.1 Å². The summed E-state index contributed by atoms with van der Waals surface area (Å²) in [5.41, 5.74) is 0.906. The zero-order chi connectivity index (χ0) is 40.4. The van der Waals surface area contributed by atoms with Crippen molar-refractivity contribution in [1.29, 1.82) is 0 Å². The van der Waals surface area contributed by atoms with Gasteiger partial charge in [-0.05, 0) is 78.0 Å². The lowest BCUT2D eigenvalue weighted by Gasteiger charge is -2.36. The van der Waals surface area contributed by atoms with E-state index in [2.05, 4.69) is 10.2 Å². The highest BCUT2D eigenvalue weighted by Crippen LogP contribution is 2.40. The molecule has 0 spiro atoms. The van der Waals surface area contributed by atoms with E-state index >= 15 is 0 Å². The molecule has 310 valence electrons. The molecule has 6 rings (SSSR count). The van der Waals surface area contributed by atoms with Crippen molar-refractivity contribution >= 4 is 39.7 Å².